The number of imidazole rings is 1. The minimum Gasteiger partial charge on any atom is -0.612 e. The first-order valence-electron chi connectivity index (χ1n) is 10.8. The van der Waals surface area contributed by atoms with Gasteiger partial charge in [0.15, 0.2) is 22.2 Å². The summed E-state index contributed by atoms with van der Waals surface area (Å²) in [5, 5.41) is 10.6. The fourth-order valence-corrected chi connectivity index (χ4v) is 4.64. The molecule has 1 aromatic carbocycles. The Bertz CT molecular complexity index is 1360. The summed E-state index contributed by atoms with van der Waals surface area (Å²) in [6, 6.07) is 7.06. The van der Waals surface area contributed by atoms with Crippen molar-refractivity contribution >= 4 is 22.7 Å². The number of benzene rings is 1. The number of ether oxygens (including phenoxy) is 1. The van der Waals surface area contributed by atoms with Crippen LogP contribution in [0.2, 0.25) is 0 Å². The van der Waals surface area contributed by atoms with Crippen molar-refractivity contribution in [1.29, 1.82) is 0 Å². The van der Waals surface area contributed by atoms with E-state index >= 15 is 0 Å². The second kappa shape index (κ2) is 9.07. The van der Waals surface area contributed by atoms with E-state index in [4.69, 9.17) is 4.74 Å². The summed E-state index contributed by atoms with van der Waals surface area (Å²) < 4.78 is 35.2. The number of nitrogens with zero attached hydrogens (tertiary/aromatic N) is 5. The topological polar surface area (TPSA) is 109 Å². The van der Waals surface area contributed by atoms with Crippen molar-refractivity contribution in [2.45, 2.75) is 36.7 Å². The Balaban J connectivity index is 1.27. The largest absolute Gasteiger partial charge is 0.612 e. The second-order valence-electron chi connectivity index (χ2n) is 8.23. The minimum absolute atomic E-state index is 0.0149. The number of nitrogens with one attached hydrogen (secondary N) is 1. The maximum atomic E-state index is 14.7. The highest BCUT2D eigenvalue weighted by atomic mass is 32.2. The van der Waals surface area contributed by atoms with Crippen LogP contribution in [0.3, 0.4) is 0 Å². The van der Waals surface area contributed by atoms with Gasteiger partial charge in [0, 0.05) is 12.4 Å². The van der Waals surface area contributed by atoms with Gasteiger partial charge in [0.25, 0.3) is 5.91 Å². The van der Waals surface area contributed by atoms with Crippen molar-refractivity contribution in [3.05, 3.63) is 71.2 Å². The molecule has 0 bridgehead atoms. The maximum Gasteiger partial charge on any atom is 0.273 e. The number of carbonyl (C=O) groups excluding carboxylic acids is 1. The van der Waals surface area contributed by atoms with E-state index in [9.17, 15) is 13.7 Å². The van der Waals surface area contributed by atoms with Crippen LogP contribution in [0.5, 0.6) is 5.75 Å². The minimum atomic E-state index is -1.43. The molecular formula is C23H23FN6O3S. The van der Waals surface area contributed by atoms with Gasteiger partial charge < -0.3 is 19.0 Å². The lowest BCUT2D eigenvalue weighted by Crippen LogP contribution is -2.25. The molecule has 1 unspecified atom stereocenters. The average molecular weight is 483 g/mol. The third-order valence-corrected chi connectivity index (χ3v) is 6.79. The summed E-state index contributed by atoms with van der Waals surface area (Å²) >= 11 is -1.43. The number of methoxy groups -OCH3 is 1. The quantitative estimate of drug-likeness (QED) is 0.387. The zero-order valence-electron chi connectivity index (χ0n) is 18.7. The maximum absolute atomic E-state index is 14.7. The van der Waals surface area contributed by atoms with Gasteiger partial charge in [-0.05, 0) is 53.7 Å². The third-order valence-electron chi connectivity index (χ3n) is 5.79. The molecule has 1 N–H and O–H groups in total. The zero-order chi connectivity index (χ0) is 23.8. The van der Waals surface area contributed by atoms with Gasteiger partial charge in [0.05, 0.1) is 37.7 Å². The van der Waals surface area contributed by atoms with Crippen LogP contribution in [0.1, 0.15) is 46.1 Å². The molecule has 176 valence electrons. The third kappa shape index (κ3) is 4.48. The van der Waals surface area contributed by atoms with E-state index in [2.05, 4.69) is 32.9 Å². The van der Waals surface area contributed by atoms with Gasteiger partial charge in [-0.1, -0.05) is 11.3 Å². The highest BCUT2D eigenvalue weighted by Gasteiger charge is 2.24. The normalized spacial score (nSPS) is 14.4. The SMILES string of the molecule is COc1ccc([S+](C)[O-])c(CNC(=O)c2cn(Cc3cn4cc(C5CC5)ccc4n3)nn2)c1F. The van der Waals surface area contributed by atoms with Crippen LogP contribution in [-0.2, 0) is 24.3 Å². The van der Waals surface area contributed by atoms with Crippen molar-refractivity contribution < 1.29 is 18.5 Å². The van der Waals surface area contributed by atoms with E-state index in [1.54, 1.807) is 0 Å². The van der Waals surface area contributed by atoms with Crippen LogP contribution in [0.25, 0.3) is 5.65 Å². The summed E-state index contributed by atoms with van der Waals surface area (Å²) in [4.78, 5) is 17.5. The van der Waals surface area contributed by atoms with Crippen molar-refractivity contribution in [3.63, 3.8) is 0 Å². The molecule has 1 atom stereocenters. The first kappa shape index (κ1) is 22.4. The lowest BCUT2D eigenvalue weighted by molar-refractivity contribution is 0.0945. The molecule has 11 heteroatoms. The molecule has 0 spiro atoms. The van der Waals surface area contributed by atoms with Crippen LogP contribution >= 0.6 is 0 Å². The van der Waals surface area contributed by atoms with Crippen molar-refractivity contribution in [3.8, 4) is 5.75 Å². The predicted molar refractivity (Wildman–Crippen MR) is 123 cm³/mol. The van der Waals surface area contributed by atoms with Crippen molar-refractivity contribution in [2.75, 3.05) is 13.4 Å². The highest BCUT2D eigenvalue weighted by Crippen LogP contribution is 2.39. The predicted octanol–water partition coefficient (Wildman–Crippen LogP) is 2.67. The molecule has 4 aromatic rings. The van der Waals surface area contributed by atoms with Gasteiger partial charge >= 0.3 is 0 Å². The molecule has 5 rings (SSSR count). The van der Waals surface area contributed by atoms with E-state index in [0.717, 1.165) is 11.3 Å². The highest BCUT2D eigenvalue weighted by molar-refractivity contribution is 7.90. The van der Waals surface area contributed by atoms with Gasteiger partial charge in [0.1, 0.15) is 11.9 Å². The molecule has 0 radical (unpaired) electrons. The summed E-state index contributed by atoms with van der Waals surface area (Å²) in [6.07, 6.45) is 9.48. The molecule has 34 heavy (non-hydrogen) atoms. The van der Waals surface area contributed by atoms with Crippen LogP contribution in [0.15, 0.2) is 47.8 Å². The molecule has 1 amide bonds. The number of rotatable bonds is 8. The van der Waals surface area contributed by atoms with Crippen LogP contribution in [-0.4, -0.2) is 48.2 Å². The Morgan fingerprint density at radius 3 is 2.82 bits per heavy atom. The lowest BCUT2D eigenvalue weighted by atomic mass is 10.2. The Morgan fingerprint density at radius 1 is 1.26 bits per heavy atom. The molecule has 1 aliphatic carbocycles. The number of hydrogen-bond acceptors (Lipinski definition) is 6. The number of halogens is 1. The lowest BCUT2D eigenvalue weighted by Gasteiger charge is -2.13. The Morgan fingerprint density at radius 2 is 2.09 bits per heavy atom. The van der Waals surface area contributed by atoms with Crippen LogP contribution in [0.4, 0.5) is 4.39 Å². The standard InChI is InChI=1S/C23H23FN6O3S/c1-33-19-6-7-20(34(2)32)17(22(19)24)9-25-23(31)18-13-30(28-27-18)12-16-11-29-10-15(14-3-4-14)5-8-21(29)26-16/h5-8,10-11,13-14H,3-4,9,12H2,1-2H3,(H,25,31). The monoisotopic (exact) mass is 482 g/mol. The zero-order valence-corrected chi connectivity index (χ0v) is 19.5. The number of fused-ring (bicyclic) bond motifs is 1. The number of hydrogen-bond donors (Lipinski definition) is 1. The molecule has 3 heterocycles. The Labute approximate surface area is 198 Å². The fourth-order valence-electron chi connectivity index (χ4n) is 3.87. The molecule has 0 saturated heterocycles. The second-order valence-corrected chi connectivity index (χ2v) is 9.58. The van der Waals surface area contributed by atoms with E-state index in [1.165, 1.54) is 54.8 Å². The molecule has 9 nitrogen and oxygen atoms in total. The molecule has 1 aliphatic rings. The Kier molecular flexibility index (Phi) is 5.96. The molecule has 0 aliphatic heterocycles. The van der Waals surface area contributed by atoms with Crippen LogP contribution < -0.4 is 10.1 Å². The molecule has 3 aromatic heterocycles. The van der Waals surface area contributed by atoms with Crippen molar-refractivity contribution in [1.82, 2.24) is 29.7 Å². The summed E-state index contributed by atoms with van der Waals surface area (Å²) in [5.74, 6) is -0.507. The van der Waals surface area contributed by atoms with E-state index in [0.29, 0.717) is 17.4 Å². The molecule has 1 saturated carbocycles. The van der Waals surface area contributed by atoms with Gasteiger partial charge in [0.2, 0.25) is 0 Å². The number of aromatic nitrogens is 5. The van der Waals surface area contributed by atoms with E-state index in [1.807, 2.05) is 16.7 Å². The first-order valence-corrected chi connectivity index (χ1v) is 12.3. The fraction of sp³-hybridized carbons (Fsp3) is 0.304. The van der Waals surface area contributed by atoms with Gasteiger partial charge in [-0.25, -0.2) is 14.1 Å². The summed E-state index contributed by atoms with van der Waals surface area (Å²) in [5.41, 5.74) is 3.15. The first-order chi connectivity index (χ1) is 16.4. The van der Waals surface area contributed by atoms with Crippen LogP contribution in [0, 0.1) is 5.82 Å². The van der Waals surface area contributed by atoms with Gasteiger partial charge in [-0.3, -0.25) is 4.79 Å². The summed E-state index contributed by atoms with van der Waals surface area (Å²) in [6.45, 7) is 0.184. The average Bonchev–Trinajstić information content (AvgIpc) is 3.44. The van der Waals surface area contributed by atoms with E-state index in [-0.39, 0.29) is 23.6 Å². The smallest absolute Gasteiger partial charge is 0.273 e. The number of carbonyl (C=O) groups is 1. The van der Waals surface area contributed by atoms with Gasteiger partial charge in [-0.2, -0.15) is 0 Å². The summed E-state index contributed by atoms with van der Waals surface area (Å²) in [7, 11) is 1.34. The Hall–Kier alpha value is -3.44. The molecular weight excluding hydrogens is 459 g/mol. The number of pyridine rings is 1. The molecule has 1 fully saturated rings. The van der Waals surface area contributed by atoms with Crippen molar-refractivity contribution in [2.24, 2.45) is 0 Å². The van der Waals surface area contributed by atoms with Gasteiger partial charge in [-0.15, -0.1) is 5.10 Å². The van der Waals surface area contributed by atoms with E-state index < -0.39 is 22.9 Å². The number of amides is 1.